The van der Waals surface area contributed by atoms with Gasteiger partial charge in [0.25, 0.3) is 0 Å². The fourth-order valence-corrected chi connectivity index (χ4v) is 4.38. The van der Waals surface area contributed by atoms with E-state index >= 15 is 0 Å². The SMILES string of the molecule is CN1/C(=C/C=C/c2nc3ccccc3s2)Sc2ccccc21. The van der Waals surface area contributed by atoms with Crippen LogP contribution in [-0.2, 0) is 0 Å². The standard InChI is InChI=1S/C18H14N2S2/c1-20-14-8-3-5-10-16(14)22-18(20)12-6-11-17-19-13-7-2-4-9-15(13)21-17/h2-12H,1H3/b11-6+,18-12-. The number of thioether (sulfide) groups is 1. The third-order valence-corrected chi connectivity index (χ3v) is 5.75. The van der Waals surface area contributed by atoms with Gasteiger partial charge < -0.3 is 4.90 Å². The van der Waals surface area contributed by atoms with Gasteiger partial charge in [-0.1, -0.05) is 42.1 Å². The Kier molecular flexibility index (Phi) is 3.48. The molecule has 0 saturated carbocycles. The molecule has 0 bridgehead atoms. The van der Waals surface area contributed by atoms with Gasteiger partial charge in [-0.15, -0.1) is 11.3 Å². The molecule has 0 amide bonds. The fraction of sp³-hybridized carbons (Fsp3) is 0.0556. The molecule has 0 saturated heterocycles. The average Bonchev–Trinajstić information content (AvgIpc) is 3.09. The van der Waals surface area contributed by atoms with Crippen LogP contribution in [0.2, 0.25) is 0 Å². The van der Waals surface area contributed by atoms with E-state index in [0.29, 0.717) is 0 Å². The number of hydrogen-bond acceptors (Lipinski definition) is 4. The summed E-state index contributed by atoms with van der Waals surface area (Å²) < 4.78 is 1.23. The van der Waals surface area contributed by atoms with Crippen molar-refractivity contribution < 1.29 is 0 Å². The van der Waals surface area contributed by atoms with Gasteiger partial charge in [0, 0.05) is 11.9 Å². The van der Waals surface area contributed by atoms with Crippen molar-refractivity contribution >= 4 is 45.1 Å². The Hall–Kier alpha value is -2.04. The average molecular weight is 322 g/mol. The normalized spacial score (nSPS) is 16.0. The predicted octanol–water partition coefficient (Wildman–Crippen LogP) is 5.39. The van der Waals surface area contributed by atoms with Crippen LogP contribution in [0.4, 0.5) is 5.69 Å². The van der Waals surface area contributed by atoms with Crippen LogP contribution in [0.1, 0.15) is 5.01 Å². The van der Waals surface area contributed by atoms with Crippen LogP contribution >= 0.6 is 23.1 Å². The van der Waals surface area contributed by atoms with Gasteiger partial charge in [-0.3, -0.25) is 0 Å². The molecule has 0 fully saturated rings. The summed E-state index contributed by atoms with van der Waals surface area (Å²) in [5, 5.41) is 2.28. The van der Waals surface area contributed by atoms with Crippen molar-refractivity contribution in [3.05, 3.63) is 70.7 Å². The minimum atomic E-state index is 1.04. The number of aromatic nitrogens is 1. The molecule has 22 heavy (non-hydrogen) atoms. The third-order valence-electron chi connectivity index (χ3n) is 3.56. The van der Waals surface area contributed by atoms with E-state index in [9.17, 15) is 0 Å². The number of benzene rings is 2. The van der Waals surface area contributed by atoms with E-state index in [1.54, 1.807) is 23.1 Å². The summed E-state index contributed by atoms with van der Waals surface area (Å²) >= 11 is 3.52. The summed E-state index contributed by atoms with van der Waals surface area (Å²) in [6, 6.07) is 16.7. The lowest BCUT2D eigenvalue weighted by molar-refractivity contribution is 1.17. The molecular formula is C18H14N2S2. The number of fused-ring (bicyclic) bond motifs is 2. The first-order valence-electron chi connectivity index (χ1n) is 7.06. The van der Waals surface area contributed by atoms with Crippen LogP contribution in [-0.4, -0.2) is 12.0 Å². The van der Waals surface area contributed by atoms with Crippen LogP contribution in [0.3, 0.4) is 0 Å². The summed E-state index contributed by atoms with van der Waals surface area (Å²) in [6.07, 6.45) is 6.31. The minimum absolute atomic E-state index is 1.04. The maximum atomic E-state index is 4.62. The molecule has 1 aliphatic heterocycles. The van der Waals surface area contributed by atoms with Crippen molar-refractivity contribution in [3.63, 3.8) is 0 Å². The lowest BCUT2D eigenvalue weighted by atomic mass is 10.3. The minimum Gasteiger partial charge on any atom is -0.338 e. The molecular weight excluding hydrogens is 308 g/mol. The number of hydrogen-bond donors (Lipinski definition) is 0. The zero-order valence-electron chi connectivity index (χ0n) is 12.1. The maximum Gasteiger partial charge on any atom is 0.117 e. The van der Waals surface area contributed by atoms with Crippen LogP contribution in [0.15, 0.2) is 70.6 Å². The Morgan fingerprint density at radius 2 is 1.86 bits per heavy atom. The van der Waals surface area contributed by atoms with Crippen molar-refractivity contribution in [3.8, 4) is 0 Å². The van der Waals surface area contributed by atoms with Gasteiger partial charge in [0.15, 0.2) is 0 Å². The maximum absolute atomic E-state index is 4.62. The molecule has 4 heteroatoms. The van der Waals surface area contributed by atoms with Gasteiger partial charge in [0.05, 0.1) is 20.9 Å². The number of para-hydroxylation sites is 2. The Bertz CT molecular complexity index is 860. The van der Waals surface area contributed by atoms with Gasteiger partial charge >= 0.3 is 0 Å². The van der Waals surface area contributed by atoms with Crippen molar-refractivity contribution in [1.29, 1.82) is 0 Å². The second-order valence-corrected chi connectivity index (χ2v) is 7.14. The molecule has 0 unspecified atom stereocenters. The molecule has 0 atom stereocenters. The highest BCUT2D eigenvalue weighted by Crippen LogP contribution is 2.44. The van der Waals surface area contributed by atoms with Gasteiger partial charge in [-0.2, -0.15) is 0 Å². The van der Waals surface area contributed by atoms with Crippen LogP contribution in [0.5, 0.6) is 0 Å². The lowest BCUT2D eigenvalue weighted by Gasteiger charge is -2.12. The van der Waals surface area contributed by atoms with E-state index < -0.39 is 0 Å². The molecule has 2 heterocycles. The van der Waals surface area contributed by atoms with Crippen molar-refractivity contribution in [2.45, 2.75) is 4.90 Å². The first-order valence-corrected chi connectivity index (χ1v) is 8.69. The molecule has 0 N–H and O–H groups in total. The number of nitrogens with zero attached hydrogens (tertiary/aromatic N) is 2. The lowest BCUT2D eigenvalue weighted by Crippen LogP contribution is -2.08. The fourth-order valence-electron chi connectivity index (χ4n) is 2.44. The summed E-state index contributed by atoms with van der Waals surface area (Å²) in [4.78, 5) is 8.15. The van der Waals surface area contributed by atoms with Crippen molar-refractivity contribution in [1.82, 2.24) is 4.98 Å². The summed E-state index contributed by atoms with van der Waals surface area (Å²) in [5.74, 6) is 0. The number of thiazole rings is 1. The van der Waals surface area contributed by atoms with E-state index in [1.807, 2.05) is 6.07 Å². The van der Waals surface area contributed by atoms with Gasteiger partial charge in [0.1, 0.15) is 5.01 Å². The Morgan fingerprint density at radius 3 is 2.73 bits per heavy atom. The Labute approximate surface area is 137 Å². The van der Waals surface area contributed by atoms with Crippen molar-refractivity contribution in [2.24, 2.45) is 0 Å². The van der Waals surface area contributed by atoms with E-state index in [2.05, 4.69) is 77.6 Å². The molecule has 108 valence electrons. The van der Waals surface area contributed by atoms with E-state index in [-0.39, 0.29) is 0 Å². The van der Waals surface area contributed by atoms with Crippen molar-refractivity contribution in [2.75, 3.05) is 11.9 Å². The van der Waals surface area contributed by atoms with E-state index in [1.165, 1.54) is 20.3 Å². The number of anilines is 1. The summed E-state index contributed by atoms with van der Waals surface area (Å²) in [5.41, 5.74) is 2.34. The highest BCUT2D eigenvalue weighted by Gasteiger charge is 2.20. The number of rotatable bonds is 2. The monoisotopic (exact) mass is 322 g/mol. The first-order chi connectivity index (χ1) is 10.8. The molecule has 0 spiro atoms. The summed E-state index contributed by atoms with van der Waals surface area (Å²) in [6.45, 7) is 0. The molecule has 2 aromatic carbocycles. The molecule has 4 rings (SSSR count). The van der Waals surface area contributed by atoms with E-state index in [4.69, 9.17) is 0 Å². The molecule has 0 radical (unpaired) electrons. The van der Waals surface area contributed by atoms with Gasteiger partial charge in [0.2, 0.25) is 0 Å². The van der Waals surface area contributed by atoms with Crippen LogP contribution in [0.25, 0.3) is 16.3 Å². The molecule has 1 aliphatic rings. The Morgan fingerprint density at radius 1 is 1.05 bits per heavy atom. The quantitative estimate of drug-likeness (QED) is 0.629. The zero-order chi connectivity index (χ0) is 14.9. The molecule has 1 aromatic heterocycles. The first kappa shape index (κ1) is 13.6. The highest BCUT2D eigenvalue weighted by atomic mass is 32.2. The van der Waals surface area contributed by atoms with Gasteiger partial charge in [-0.25, -0.2) is 4.98 Å². The smallest absolute Gasteiger partial charge is 0.117 e. The second-order valence-electron chi connectivity index (χ2n) is 5.01. The van der Waals surface area contributed by atoms with Gasteiger partial charge in [-0.05, 0) is 36.4 Å². The Balaban J connectivity index is 1.57. The highest BCUT2D eigenvalue weighted by molar-refractivity contribution is 8.03. The van der Waals surface area contributed by atoms with Crippen LogP contribution < -0.4 is 4.90 Å². The van der Waals surface area contributed by atoms with Crippen LogP contribution in [0, 0.1) is 0 Å². The second kappa shape index (κ2) is 5.63. The number of allylic oxidation sites excluding steroid dienone is 2. The summed E-state index contributed by atoms with van der Waals surface area (Å²) in [7, 11) is 2.11. The van der Waals surface area contributed by atoms with E-state index in [0.717, 1.165) is 10.5 Å². The molecule has 2 nitrogen and oxygen atoms in total. The zero-order valence-corrected chi connectivity index (χ0v) is 13.7. The molecule has 3 aromatic rings. The third kappa shape index (κ3) is 2.45. The largest absolute Gasteiger partial charge is 0.338 e. The topological polar surface area (TPSA) is 16.1 Å². The predicted molar refractivity (Wildman–Crippen MR) is 97.4 cm³/mol. The molecule has 0 aliphatic carbocycles.